The van der Waals surface area contributed by atoms with Gasteiger partial charge in [-0.1, -0.05) is 24.6 Å². The predicted octanol–water partition coefficient (Wildman–Crippen LogP) is 5.24. The van der Waals surface area contributed by atoms with Gasteiger partial charge in [-0.05, 0) is 126 Å². The van der Waals surface area contributed by atoms with Crippen LogP contribution in [-0.2, 0) is 19.2 Å². The Balaban J connectivity index is 1.19. The fourth-order valence-corrected chi connectivity index (χ4v) is 9.45. The average Bonchev–Trinajstić information content (AvgIpc) is 3.11. The van der Waals surface area contributed by atoms with Crippen LogP contribution in [0, 0.1) is 34.5 Å². The van der Waals surface area contributed by atoms with Gasteiger partial charge < -0.3 is 25.1 Å². The second kappa shape index (κ2) is 10.7. The van der Waals surface area contributed by atoms with E-state index in [4.69, 9.17) is 9.57 Å². The number of fused-ring (bicyclic) bond motifs is 5. The Hall–Kier alpha value is -1.93. The highest BCUT2D eigenvalue weighted by atomic mass is 16.6. The van der Waals surface area contributed by atoms with Crippen LogP contribution < -0.4 is 5.32 Å². The highest BCUT2D eigenvalue weighted by molar-refractivity contribution is 5.96. The summed E-state index contributed by atoms with van der Waals surface area (Å²) in [6, 6.07) is -0.460. The number of carboxylic acids is 1. The maximum atomic E-state index is 12.7. The zero-order valence-electron chi connectivity index (χ0n) is 25.1. The van der Waals surface area contributed by atoms with Crippen molar-refractivity contribution in [1.29, 1.82) is 0 Å². The summed E-state index contributed by atoms with van der Waals surface area (Å²) in [5.41, 5.74) is 1.66. The van der Waals surface area contributed by atoms with Crippen LogP contribution in [0.2, 0.25) is 0 Å². The summed E-state index contributed by atoms with van der Waals surface area (Å²) < 4.78 is 5.77. The van der Waals surface area contributed by atoms with Gasteiger partial charge in [-0.2, -0.15) is 0 Å². The third kappa shape index (κ3) is 5.47. The van der Waals surface area contributed by atoms with Gasteiger partial charge in [-0.3, -0.25) is 9.59 Å². The Labute approximate surface area is 239 Å². The van der Waals surface area contributed by atoms with Gasteiger partial charge in [0, 0.05) is 12.6 Å². The minimum atomic E-state index is -0.928. The summed E-state index contributed by atoms with van der Waals surface area (Å²) in [6.45, 7) is 11.2. The number of carboxylic acid groups (broad SMARTS) is 1. The normalized spacial score (nSPS) is 42.1. The molecule has 4 fully saturated rings. The second-order valence-corrected chi connectivity index (χ2v) is 14.8. The number of allylic oxidation sites excluding steroid dienone is 2. The molecule has 3 saturated carbocycles. The van der Waals surface area contributed by atoms with Crippen molar-refractivity contribution in [3.05, 3.63) is 11.6 Å². The van der Waals surface area contributed by atoms with E-state index < -0.39 is 17.6 Å². The molecule has 0 radical (unpaired) electrons. The number of aliphatic hydroxyl groups is 1. The number of ether oxygens (including phenoxy) is 1. The molecule has 0 aromatic carbocycles. The first-order chi connectivity index (χ1) is 18.7. The van der Waals surface area contributed by atoms with Gasteiger partial charge in [0.2, 0.25) is 0 Å². The number of amides is 1. The maximum Gasteiger partial charge on any atom is 0.305 e. The molecule has 40 heavy (non-hydrogen) atoms. The molecule has 8 heteroatoms. The Bertz CT molecular complexity index is 1070. The largest absolute Gasteiger partial charge is 0.481 e. The lowest BCUT2D eigenvalue weighted by Gasteiger charge is -2.59. The number of hydrogen-bond donors (Lipinski definition) is 3. The van der Waals surface area contributed by atoms with Gasteiger partial charge in [0.1, 0.15) is 0 Å². The van der Waals surface area contributed by atoms with Crippen molar-refractivity contribution >= 4 is 17.6 Å². The van der Waals surface area contributed by atoms with E-state index in [2.05, 4.69) is 37.3 Å². The fraction of sp³-hybridized carbons (Fsp3) is 0.844. The minimum absolute atomic E-state index is 0.0336. The number of carbonyl (C=O) groups excluding carboxylic acids is 1. The van der Waals surface area contributed by atoms with Crippen LogP contribution in [0.1, 0.15) is 105 Å². The summed E-state index contributed by atoms with van der Waals surface area (Å²) in [5, 5.41) is 27.8. The molecule has 5 rings (SSSR count). The summed E-state index contributed by atoms with van der Waals surface area (Å²) in [6.07, 6.45) is 11.9. The summed E-state index contributed by atoms with van der Waals surface area (Å²) in [4.78, 5) is 29.7. The van der Waals surface area contributed by atoms with E-state index in [0.29, 0.717) is 30.8 Å². The first kappa shape index (κ1) is 29.6. The first-order valence-electron chi connectivity index (χ1n) is 15.5. The van der Waals surface area contributed by atoms with E-state index in [-0.39, 0.29) is 41.3 Å². The standard InChI is InChI=1S/C32H50N2O6/c1-29(2)18-20(11-15-39-29)26(17-28(36)37)33-27(35)19-40-34-22-8-12-30(3)21(16-22)6-7-23-24(30)9-13-31(4)25(23)10-14-32(31,5)38/h16,20,23-26,38H,6-15,17-19H2,1-5H3,(H,33,35)(H,36,37)/b34-22-/t20-,23-,24+,25+,26+,30+,31+,32+/m1/s1. The van der Waals surface area contributed by atoms with Gasteiger partial charge in [-0.25, -0.2) is 0 Å². The van der Waals surface area contributed by atoms with Crippen LogP contribution in [0.15, 0.2) is 16.8 Å². The van der Waals surface area contributed by atoms with E-state index in [0.717, 1.165) is 50.7 Å². The van der Waals surface area contributed by atoms with E-state index in [9.17, 15) is 19.8 Å². The fourth-order valence-electron chi connectivity index (χ4n) is 9.45. The lowest BCUT2D eigenvalue weighted by atomic mass is 9.46. The number of oxime groups is 1. The Morgan fingerprint density at radius 3 is 2.55 bits per heavy atom. The maximum absolute atomic E-state index is 12.7. The minimum Gasteiger partial charge on any atom is -0.481 e. The molecular weight excluding hydrogens is 508 g/mol. The molecule has 1 saturated heterocycles. The molecule has 0 spiro atoms. The van der Waals surface area contributed by atoms with Crippen molar-refractivity contribution in [3.63, 3.8) is 0 Å². The average molecular weight is 559 g/mol. The van der Waals surface area contributed by atoms with Crippen molar-refractivity contribution in [2.75, 3.05) is 13.2 Å². The number of rotatable bonds is 7. The molecule has 0 unspecified atom stereocenters. The molecule has 8 atom stereocenters. The molecule has 1 amide bonds. The van der Waals surface area contributed by atoms with E-state index in [1.54, 1.807) is 0 Å². The van der Waals surface area contributed by atoms with Crippen LogP contribution >= 0.6 is 0 Å². The zero-order chi connectivity index (χ0) is 28.9. The third-order valence-electron chi connectivity index (χ3n) is 12.0. The predicted molar refractivity (Wildman–Crippen MR) is 153 cm³/mol. The lowest BCUT2D eigenvalue weighted by molar-refractivity contribution is -0.139. The van der Waals surface area contributed by atoms with E-state index in [1.807, 2.05) is 13.8 Å². The molecular formula is C32H50N2O6. The van der Waals surface area contributed by atoms with Crippen molar-refractivity contribution in [1.82, 2.24) is 5.32 Å². The van der Waals surface area contributed by atoms with E-state index >= 15 is 0 Å². The summed E-state index contributed by atoms with van der Waals surface area (Å²) in [7, 11) is 0. The molecule has 0 bridgehead atoms. The first-order valence-corrected chi connectivity index (χ1v) is 15.5. The molecule has 8 nitrogen and oxygen atoms in total. The Morgan fingerprint density at radius 2 is 1.82 bits per heavy atom. The molecule has 1 heterocycles. The summed E-state index contributed by atoms with van der Waals surface area (Å²) in [5.74, 6) is 0.699. The molecule has 4 aliphatic carbocycles. The molecule has 0 aromatic heterocycles. The number of nitrogens with one attached hydrogen (secondary N) is 1. The molecule has 0 aromatic rings. The summed E-state index contributed by atoms with van der Waals surface area (Å²) >= 11 is 0. The van der Waals surface area contributed by atoms with E-state index in [1.165, 1.54) is 18.4 Å². The van der Waals surface area contributed by atoms with Crippen LogP contribution in [0.25, 0.3) is 0 Å². The second-order valence-electron chi connectivity index (χ2n) is 14.8. The zero-order valence-corrected chi connectivity index (χ0v) is 25.1. The number of aliphatic carboxylic acids is 1. The number of hydrogen-bond acceptors (Lipinski definition) is 6. The molecule has 224 valence electrons. The van der Waals surface area contributed by atoms with Crippen LogP contribution in [0.3, 0.4) is 0 Å². The highest BCUT2D eigenvalue weighted by Crippen LogP contribution is 2.67. The van der Waals surface area contributed by atoms with Crippen LogP contribution in [-0.4, -0.2) is 58.3 Å². The topological polar surface area (TPSA) is 117 Å². The van der Waals surface area contributed by atoms with Gasteiger partial charge in [0.15, 0.2) is 6.61 Å². The van der Waals surface area contributed by atoms with Gasteiger partial charge >= 0.3 is 5.97 Å². The van der Waals surface area contributed by atoms with Crippen LogP contribution in [0.4, 0.5) is 0 Å². The molecule has 5 aliphatic rings. The SMILES string of the molecule is CC1(C)C[C@H]([C@H](CC(=O)O)NC(=O)CO/N=C2\C=C3CC[C@@H]4[C@H](CC[C@@]5(C)[C@H]4CC[C@]5(C)O)[C@@]3(C)CC2)CCO1. The smallest absolute Gasteiger partial charge is 0.305 e. The third-order valence-corrected chi connectivity index (χ3v) is 12.0. The highest BCUT2D eigenvalue weighted by Gasteiger charge is 2.62. The van der Waals surface area contributed by atoms with Crippen LogP contribution in [0.5, 0.6) is 0 Å². The Kier molecular flexibility index (Phi) is 7.92. The number of carbonyl (C=O) groups is 2. The van der Waals surface area contributed by atoms with Crippen molar-refractivity contribution in [2.24, 2.45) is 39.7 Å². The lowest BCUT2D eigenvalue weighted by Crippen LogP contribution is -2.53. The number of nitrogens with zero attached hydrogens (tertiary/aromatic N) is 1. The van der Waals surface area contributed by atoms with Crippen molar-refractivity contribution in [2.45, 2.75) is 122 Å². The van der Waals surface area contributed by atoms with Gasteiger partial charge in [0.25, 0.3) is 5.91 Å². The van der Waals surface area contributed by atoms with Crippen molar-refractivity contribution in [3.8, 4) is 0 Å². The molecule has 1 aliphatic heterocycles. The van der Waals surface area contributed by atoms with Gasteiger partial charge in [-0.15, -0.1) is 0 Å². The van der Waals surface area contributed by atoms with Crippen molar-refractivity contribution < 1.29 is 29.4 Å². The quantitative estimate of drug-likeness (QED) is 0.368. The monoisotopic (exact) mass is 558 g/mol. The molecule has 3 N–H and O–H groups in total. The van der Waals surface area contributed by atoms with Gasteiger partial charge in [0.05, 0.1) is 23.3 Å². The Morgan fingerprint density at radius 1 is 1.07 bits per heavy atom.